The average Bonchev–Trinajstić information content (AvgIpc) is 2.54. The molecule has 118 valence electrons. The zero-order valence-corrected chi connectivity index (χ0v) is 13.6. The van der Waals surface area contributed by atoms with Crippen LogP contribution in [0, 0.1) is 0 Å². The molecule has 2 N–H and O–H groups in total. The van der Waals surface area contributed by atoms with Crippen LogP contribution >= 0.6 is 0 Å². The van der Waals surface area contributed by atoms with E-state index in [4.69, 9.17) is 4.74 Å². The van der Waals surface area contributed by atoms with Gasteiger partial charge in [0, 0.05) is 50.9 Å². The fourth-order valence-electron chi connectivity index (χ4n) is 2.59. The third-order valence-electron chi connectivity index (χ3n) is 4.22. The summed E-state index contributed by atoms with van der Waals surface area (Å²) in [4.78, 5) is 2.49. The molecule has 1 heterocycles. The lowest BCUT2D eigenvalue weighted by Crippen LogP contribution is -2.42. The number of hydrogen-bond donors (Lipinski definition) is 2. The second-order valence-corrected chi connectivity index (χ2v) is 5.86. The molecule has 0 spiro atoms. The standard InChI is InChI=1S/C17H29N3O/c1-4-14(2)19-12-16-6-5-15(11-17(16)21-3)13-20-9-7-18-8-10-20/h5-6,11,14,18-19H,4,7-10,12-13H2,1-3H3. The molecule has 4 nitrogen and oxygen atoms in total. The summed E-state index contributed by atoms with van der Waals surface area (Å²) in [6.45, 7) is 10.7. The van der Waals surface area contributed by atoms with E-state index in [0.29, 0.717) is 6.04 Å². The van der Waals surface area contributed by atoms with E-state index in [0.717, 1.165) is 51.4 Å². The van der Waals surface area contributed by atoms with Gasteiger partial charge in [-0.3, -0.25) is 4.90 Å². The Hall–Kier alpha value is -1.10. The van der Waals surface area contributed by atoms with Gasteiger partial charge in [0.25, 0.3) is 0 Å². The monoisotopic (exact) mass is 291 g/mol. The van der Waals surface area contributed by atoms with Crippen molar-refractivity contribution in [3.63, 3.8) is 0 Å². The summed E-state index contributed by atoms with van der Waals surface area (Å²) in [5.74, 6) is 0.999. The normalized spacial score (nSPS) is 17.7. The minimum Gasteiger partial charge on any atom is -0.496 e. The fraction of sp³-hybridized carbons (Fsp3) is 0.647. The van der Waals surface area contributed by atoms with Crippen molar-refractivity contribution >= 4 is 0 Å². The largest absolute Gasteiger partial charge is 0.496 e. The zero-order chi connectivity index (χ0) is 15.1. The summed E-state index contributed by atoms with van der Waals surface area (Å²) in [6.07, 6.45) is 1.14. The van der Waals surface area contributed by atoms with Crippen molar-refractivity contribution in [3.8, 4) is 5.75 Å². The van der Waals surface area contributed by atoms with Gasteiger partial charge in [0.15, 0.2) is 0 Å². The Balaban J connectivity index is 1.97. The number of nitrogens with one attached hydrogen (secondary N) is 2. The molecule has 1 unspecified atom stereocenters. The van der Waals surface area contributed by atoms with Gasteiger partial charge in [-0.1, -0.05) is 19.1 Å². The van der Waals surface area contributed by atoms with Gasteiger partial charge < -0.3 is 15.4 Å². The molecule has 0 radical (unpaired) electrons. The number of benzene rings is 1. The van der Waals surface area contributed by atoms with Gasteiger partial charge in [-0.25, -0.2) is 0 Å². The summed E-state index contributed by atoms with van der Waals surface area (Å²) in [5, 5.41) is 6.92. The lowest BCUT2D eigenvalue weighted by atomic mass is 10.1. The lowest BCUT2D eigenvalue weighted by molar-refractivity contribution is 0.233. The maximum absolute atomic E-state index is 5.57. The Morgan fingerprint density at radius 2 is 2.10 bits per heavy atom. The number of rotatable bonds is 7. The van der Waals surface area contributed by atoms with Crippen molar-refractivity contribution in [2.24, 2.45) is 0 Å². The van der Waals surface area contributed by atoms with Crippen LogP contribution in [0.5, 0.6) is 5.75 Å². The first-order chi connectivity index (χ1) is 10.2. The molecule has 1 aromatic rings. The molecule has 0 aromatic heterocycles. The molecule has 4 heteroatoms. The average molecular weight is 291 g/mol. The molecule has 0 bridgehead atoms. The van der Waals surface area contributed by atoms with Crippen LogP contribution in [-0.2, 0) is 13.1 Å². The summed E-state index contributed by atoms with van der Waals surface area (Å²) < 4.78 is 5.57. The van der Waals surface area contributed by atoms with Gasteiger partial charge in [0.1, 0.15) is 5.75 Å². The van der Waals surface area contributed by atoms with Crippen LogP contribution in [0.2, 0.25) is 0 Å². The van der Waals surface area contributed by atoms with Crippen LogP contribution in [0.4, 0.5) is 0 Å². The van der Waals surface area contributed by atoms with Crippen LogP contribution in [0.25, 0.3) is 0 Å². The van der Waals surface area contributed by atoms with Gasteiger partial charge in [-0.05, 0) is 25.0 Å². The van der Waals surface area contributed by atoms with E-state index in [9.17, 15) is 0 Å². The molecule has 0 saturated carbocycles. The van der Waals surface area contributed by atoms with Gasteiger partial charge in [0.2, 0.25) is 0 Å². The molecule has 1 aliphatic heterocycles. The number of piperazine rings is 1. The predicted octanol–water partition coefficient (Wildman–Crippen LogP) is 1.99. The van der Waals surface area contributed by atoms with Crippen molar-refractivity contribution in [1.29, 1.82) is 0 Å². The van der Waals surface area contributed by atoms with E-state index in [1.165, 1.54) is 11.1 Å². The van der Waals surface area contributed by atoms with Gasteiger partial charge in [-0.2, -0.15) is 0 Å². The highest BCUT2D eigenvalue weighted by Gasteiger charge is 2.11. The Morgan fingerprint density at radius 1 is 1.33 bits per heavy atom. The highest BCUT2D eigenvalue weighted by atomic mass is 16.5. The van der Waals surface area contributed by atoms with E-state index in [-0.39, 0.29) is 0 Å². The van der Waals surface area contributed by atoms with E-state index < -0.39 is 0 Å². The lowest BCUT2D eigenvalue weighted by Gasteiger charge is -2.27. The number of methoxy groups -OCH3 is 1. The summed E-state index contributed by atoms with van der Waals surface area (Å²) >= 11 is 0. The van der Waals surface area contributed by atoms with Crippen molar-refractivity contribution in [2.75, 3.05) is 33.3 Å². The van der Waals surface area contributed by atoms with Crippen LogP contribution in [-0.4, -0.2) is 44.2 Å². The minimum absolute atomic E-state index is 0.537. The molecular formula is C17H29N3O. The van der Waals surface area contributed by atoms with Crippen LogP contribution in [0.3, 0.4) is 0 Å². The first kappa shape index (κ1) is 16.3. The van der Waals surface area contributed by atoms with Crippen molar-refractivity contribution in [2.45, 2.75) is 39.4 Å². The molecule has 1 aliphatic rings. The Bertz CT molecular complexity index is 430. The van der Waals surface area contributed by atoms with E-state index in [2.05, 4.69) is 47.6 Å². The number of ether oxygens (including phenoxy) is 1. The first-order valence-electron chi connectivity index (χ1n) is 8.05. The van der Waals surface area contributed by atoms with Crippen LogP contribution in [0.1, 0.15) is 31.4 Å². The molecule has 1 atom stereocenters. The molecule has 0 amide bonds. The summed E-state index contributed by atoms with van der Waals surface area (Å²) in [6, 6.07) is 7.16. The van der Waals surface area contributed by atoms with Crippen molar-refractivity contribution < 1.29 is 4.74 Å². The maximum atomic E-state index is 5.57. The zero-order valence-electron chi connectivity index (χ0n) is 13.6. The molecule has 1 fully saturated rings. The van der Waals surface area contributed by atoms with Gasteiger partial charge >= 0.3 is 0 Å². The minimum atomic E-state index is 0.537. The Morgan fingerprint density at radius 3 is 2.76 bits per heavy atom. The predicted molar refractivity (Wildman–Crippen MR) is 87.7 cm³/mol. The first-order valence-corrected chi connectivity index (χ1v) is 8.05. The summed E-state index contributed by atoms with van der Waals surface area (Å²) in [7, 11) is 1.76. The smallest absolute Gasteiger partial charge is 0.123 e. The maximum Gasteiger partial charge on any atom is 0.123 e. The second kappa shape index (κ2) is 8.37. The molecule has 0 aliphatic carbocycles. The van der Waals surface area contributed by atoms with Gasteiger partial charge in [0.05, 0.1) is 7.11 Å². The molecule has 1 saturated heterocycles. The van der Waals surface area contributed by atoms with E-state index in [1.807, 2.05) is 0 Å². The molecular weight excluding hydrogens is 262 g/mol. The van der Waals surface area contributed by atoms with Crippen molar-refractivity contribution in [1.82, 2.24) is 15.5 Å². The molecule has 21 heavy (non-hydrogen) atoms. The van der Waals surface area contributed by atoms with E-state index >= 15 is 0 Å². The summed E-state index contributed by atoms with van der Waals surface area (Å²) in [5.41, 5.74) is 2.57. The number of hydrogen-bond acceptors (Lipinski definition) is 4. The highest BCUT2D eigenvalue weighted by molar-refractivity contribution is 5.37. The van der Waals surface area contributed by atoms with Crippen molar-refractivity contribution in [3.05, 3.63) is 29.3 Å². The Labute approximate surface area is 128 Å². The topological polar surface area (TPSA) is 36.5 Å². The van der Waals surface area contributed by atoms with Crippen LogP contribution in [0.15, 0.2) is 18.2 Å². The molecule has 1 aromatic carbocycles. The fourth-order valence-corrected chi connectivity index (χ4v) is 2.59. The van der Waals surface area contributed by atoms with E-state index in [1.54, 1.807) is 7.11 Å². The quantitative estimate of drug-likeness (QED) is 0.805. The second-order valence-electron chi connectivity index (χ2n) is 5.86. The third-order valence-corrected chi connectivity index (χ3v) is 4.22. The third kappa shape index (κ3) is 4.99. The highest BCUT2D eigenvalue weighted by Crippen LogP contribution is 2.21. The molecule has 2 rings (SSSR count). The number of nitrogens with zero attached hydrogens (tertiary/aromatic N) is 1. The van der Waals surface area contributed by atoms with Crippen LogP contribution < -0.4 is 15.4 Å². The van der Waals surface area contributed by atoms with Gasteiger partial charge in [-0.15, -0.1) is 0 Å². The SMILES string of the molecule is CCC(C)NCc1ccc(CN2CCNCC2)cc1OC. The Kier molecular flexibility index (Phi) is 6.49.